The lowest BCUT2D eigenvalue weighted by Gasteiger charge is -2.13. The fraction of sp³-hybridized carbons (Fsp3) is 0.250. The van der Waals surface area contributed by atoms with Crippen molar-refractivity contribution >= 4 is 52.5 Å². The molecule has 0 heterocycles. The van der Waals surface area contributed by atoms with Crippen LogP contribution < -0.4 is 10.6 Å². The summed E-state index contributed by atoms with van der Waals surface area (Å²) in [5, 5.41) is 5.98. The lowest BCUT2D eigenvalue weighted by atomic mass is 10.2. The predicted octanol–water partition coefficient (Wildman–Crippen LogP) is 3.89. The minimum atomic E-state index is -0.934. The zero-order chi connectivity index (χ0) is 20.5. The third kappa shape index (κ3) is 7.62. The standard InChI is InChI=1S/C20H21ClN2O4S/c1-13-4-3-5-17(10-13)23-20(26)14(2)27-19(25)12-28-11-18(24)22-16-8-6-15(21)7-9-16/h3-10,14H,11-12H2,1-2H3,(H,22,24)(H,23,26)/t14-/m0/s1. The van der Waals surface area contributed by atoms with Crippen LogP contribution in [0.2, 0.25) is 5.02 Å². The number of rotatable bonds is 8. The van der Waals surface area contributed by atoms with E-state index in [2.05, 4.69) is 10.6 Å². The minimum Gasteiger partial charge on any atom is -0.452 e. The summed E-state index contributed by atoms with van der Waals surface area (Å²) in [7, 11) is 0. The molecule has 2 N–H and O–H groups in total. The molecule has 0 saturated heterocycles. The molecule has 0 spiro atoms. The van der Waals surface area contributed by atoms with Gasteiger partial charge >= 0.3 is 5.97 Å². The van der Waals surface area contributed by atoms with Gasteiger partial charge in [-0.2, -0.15) is 0 Å². The first-order chi connectivity index (χ1) is 13.3. The molecule has 0 unspecified atom stereocenters. The van der Waals surface area contributed by atoms with Crippen LogP contribution in [0.25, 0.3) is 0 Å². The molecule has 0 saturated carbocycles. The molecule has 2 rings (SSSR count). The normalized spacial score (nSPS) is 11.4. The van der Waals surface area contributed by atoms with Crippen molar-refractivity contribution in [2.75, 3.05) is 22.1 Å². The van der Waals surface area contributed by atoms with E-state index >= 15 is 0 Å². The zero-order valence-corrected chi connectivity index (χ0v) is 17.1. The van der Waals surface area contributed by atoms with E-state index in [1.165, 1.54) is 6.92 Å². The summed E-state index contributed by atoms with van der Waals surface area (Å²) in [6.45, 7) is 3.42. The second kappa shape index (κ2) is 10.7. The average molecular weight is 421 g/mol. The van der Waals surface area contributed by atoms with E-state index in [0.717, 1.165) is 17.3 Å². The Bertz CT molecular complexity index is 842. The lowest BCUT2D eigenvalue weighted by molar-refractivity contribution is -0.150. The van der Waals surface area contributed by atoms with Gasteiger partial charge in [0.15, 0.2) is 6.10 Å². The number of thioether (sulfide) groups is 1. The van der Waals surface area contributed by atoms with Crippen LogP contribution in [0.4, 0.5) is 11.4 Å². The summed E-state index contributed by atoms with van der Waals surface area (Å²) in [6.07, 6.45) is -0.934. The summed E-state index contributed by atoms with van der Waals surface area (Å²) >= 11 is 6.89. The summed E-state index contributed by atoms with van der Waals surface area (Å²) in [5.74, 6) is -1.16. The highest BCUT2D eigenvalue weighted by atomic mass is 35.5. The van der Waals surface area contributed by atoms with Gasteiger partial charge in [0, 0.05) is 16.4 Å². The van der Waals surface area contributed by atoms with Crippen LogP contribution in [0.1, 0.15) is 12.5 Å². The number of nitrogens with one attached hydrogen (secondary N) is 2. The molecular formula is C20H21ClN2O4S. The number of amides is 2. The van der Waals surface area contributed by atoms with Gasteiger partial charge < -0.3 is 15.4 Å². The maximum Gasteiger partial charge on any atom is 0.316 e. The monoisotopic (exact) mass is 420 g/mol. The van der Waals surface area contributed by atoms with Crippen LogP contribution in [-0.2, 0) is 19.1 Å². The third-order valence-corrected chi connectivity index (χ3v) is 4.70. The number of anilines is 2. The van der Waals surface area contributed by atoms with E-state index in [-0.39, 0.29) is 17.4 Å². The quantitative estimate of drug-likeness (QED) is 0.633. The third-order valence-electron chi connectivity index (χ3n) is 3.54. The summed E-state index contributed by atoms with van der Waals surface area (Å²) in [6, 6.07) is 14.0. The van der Waals surface area contributed by atoms with Crippen molar-refractivity contribution in [2.45, 2.75) is 20.0 Å². The van der Waals surface area contributed by atoms with E-state index in [1.54, 1.807) is 30.3 Å². The topological polar surface area (TPSA) is 84.5 Å². The molecule has 2 aromatic carbocycles. The van der Waals surface area contributed by atoms with Gasteiger partial charge in [-0.05, 0) is 55.8 Å². The molecule has 0 aromatic heterocycles. The number of halogens is 1. The van der Waals surface area contributed by atoms with Gasteiger partial charge in [0.05, 0.1) is 11.5 Å². The molecule has 2 amide bonds. The van der Waals surface area contributed by atoms with Crippen molar-refractivity contribution in [3.05, 3.63) is 59.1 Å². The highest BCUT2D eigenvalue weighted by Gasteiger charge is 2.18. The van der Waals surface area contributed by atoms with Gasteiger partial charge in [0.25, 0.3) is 5.91 Å². The summed E-state index contributed by atoms with van der Waals surface area (Å²) in [4.78, 5) is 35.8. The number of benzene rings is 2. The fourth-order valence-electron chi connectivity index (χ4n) is 2.21. The first-order valence-corrected chi connectivity index (χ1v) is 10.1. The van der Waals surface area contributed by atoms with Gasteiger partial charge in [0.1, 0.15) is 0 Å². The molecule has 6 nitrogen and oxygen atoms in total. The van der Waals surface area contributed by atoms with Crippen LogP contribution in [0.5, 0.6) is 0 Å². The maximum atomic E-state index is 12.1. The number of aryl methyl sites for hydroxylation is 1. The molecular weight excluding hydrogens is 400 g/mol. The second-order valence-electron chi connectivity index (χ2n) is 6.04. The van der Waals surface area contributed by atoms with Crippen molar-refractivity contribution in [1.29, 1.82) is 0 Å². The van der Waals surface area contributed by atoms with E-state index in [9.17, 15) is 14.4 Å². The van der Waals surface area contributed by atoms with Crippen molar-refractivity contribution < 1.29 is 19.1 Å². The molecule has 0 radical (unpaired) electrons. The molecule has 0 bridgehead atoms. The van der Waals surface area contributed by atoms with Crippen LogP contribution in [-0.4, -0.2) is 35.4 Å². The highest BCUT2D eigenvalue weighted by molar-refractivity contribution is 8.00. The molecule has 148 valence electrons. The Kier molecular flexibility index (Phi) is 8.35. The SMILES string of the molecule is Cc1cccc(NC(=O)[C@H](C)OC(=O)CSCC(=O)Nc2ccc(Cl)cc2)c1. The Morgan fingerprint density at radius 3 is 2.43 bits per heavy atom. The summed E-state index contributed by atoms with van der Waals surface area (Å²) in [5.41, 5.74) is 2.27. The van der Waals surface area contributed by atoms with Crippen LogP contribution in [0.3, 0.4) is 0 Å². The Hall–Kier alpha value is -2.51. The summed E-state index contributed by atoms with van der Waals surface area (Å²) < 4.78 is 5.11. The highest BCUT2D eigenvalue weighted by Crippen LogP contribution is 2.14. The van der Waals surface area contributed by atoms with Crippen LogP contribution in [0.15, 0.2) is 48.5 Å². The van der Waals surface area contributed by atoms with Crippen LogP contribution >= 0.6 is 23.4 Å². The van der Waals surface area contributed by atoms with E-state index in [0.29, 0.717) is 16.4 Å². The first-order valence-electron chi connectivity index (χ1n) is 8.53. The number of ether oxygens (including phenoxy) is 1. The largest absolute Gasteiger partial charge is 0.452 e. The van der Waals surface area contributed by atoms with E-state index in [4.69, 9.17) is 16.3 Å². The van der Waals surface area contributed by atoms with E-state index < -0.39 is 18.0 Å². The van der Waals surface area contributed by atoms with Gasteiger partial charge in [-0.15, -0.1) is 11.8 Å². The van der Waals surface area contributed by atoms with Gasteiger partial charge in [-0.25, -0.2) is 0 Å². The maximum absolute atomic E-state index is 12.1. The Morgan fingerprint density at radius 2 is 1.75 bits per heavy atom. The molecule has 28 heavy (non-hydrogen) atoms. The number of hydrogen-bond donors (Lipinski definition) is 2. The van der Waals surface area contributed by atoms with Crippen LogP contribution in [0, 0.1) is 6.92 Å². The van der Waals surface area contributed by atoms with Crippen molar-refractivity contribution in [3.8, 4) is 0 Å². The Morgan fingerprint density at radius 1 is 1.04 bits per heavy atom. The zero-order valence-electron chi connectivity index (χ0n) is 15.5. The Labute approximate surface area is 173 Å². The molecule has 0 fully saturated rings. The predicted molar refractivity (Wildman–Crippen MR) is 113 cm³/mol. The van der Waals surface area contributed by atoms with Crippen molar-refractivity contribution in [3.63, 3.8) is 0 Å². The smallest absolute Gasteiger partial charge is 0.316 e. The molecule has 0 aliphatic heterocycles. The number of hydrogen-bond acceptors (Lipinski definition) is 5. The molecule has 0 aliphatic rings. The molecule has 0 aliphatic carbocycles. The number of carbonyl (C=O) groups excluding carboxylic acids is 3. The fourth-order valence-corrected chi connectivity index (χ4v) is 2.93. The van der Waals surface area contributed by atoms with Gasteiger partial charge in [0.2, 0.25) is 5.91 Å². The average Bonchev–Trinajstić information content (AvgIpc) is 2.63. The number of esters is 1. The molecule has 1 atom stereocenters. The number of carbonyl (C=O) groups is 3. The van der Waals surface area contributed by atoms with Gasteiger partial charge in [-0.3, -0.25) is 14.4 Å². The van der Waals surface area contributed by atoms with Crippen molar-refractivity contribution in [2.24, 2.45) is 0 Å². The second-order valence-corrected chi connectivity index (χ2v) is 7.46. The molecule has 8 heteroatoms. The first kappa shape index (κ1) is 21.8. The molecule has 2 aromatic rings. The lowest BCUT2D eigenvalue weighted by Crippen LogP contribution is -2.30. The van der Waals surface area contributed by atoms with E-state index in [1.807, 2.05) is 25.1 Å². The Balaban J connectivity index is 1.68. The van der Waals surface area contributed by atoms with Gasteiger partial charge in [-0.1, -0.05) is 23.7 Å². The minimum absolute atomic E-state index is 0.0316. The van der Waals surface area contributed by atoms with Crippen molar-refractivity contribution in [1.82, 2.24) is 0 Å².